The van der Waals surface area contributed by atoms with Crippen LogP contribution in [0.5, 0.6) is 0 Å². The van der Waals surface area contributed by atoms with Crippen molar-refractivity contribution in [3.63, 3.8) is 0 Å². The summed E-state index contributed by atoms with van der Waals surface area (Å²) in [7, 11) is 0. The first-order valence-electron chi connectivity index (χ1n) is 6.13. The summed E-state index contributed by atoms with van der Waals surface area (Å²) in [6, 6.07) is 2.98. The van der Waals surface area contributed by atoms with Gasteiger partial charge in [-0.1, -0.05) is 13.8 Å². The molecule has 0 unspecified atom stereocenters. The summed E-state index contributed by atoms with van der Waals surface area (Å²) in [5, 5.41) is 12.6. The number of carbonyl (C=O) groups is 2. The van der Waals surface area contributed by atoms with Crippen LogP contribution in [0.4, 0.5) is 5.82 Å². The number of aromatic nitrogens is 2. The molecule has 1 heterocycles. The van der Waals surface area contributed by atoms with Crippen LogP contribution in [-0.4, -0.2) is 35.1 Å². The highest BCUT2D eigenvalue weighted by atomic mass is 16.2. The Bertz CT molecular complexity index is 430. The van der Waals surface area contributed by atoms with E-state index in [2.05, 4.69) is 20.8 Å². The van der Waals surface area contributed by atoms with Gasteiger partial charge >= 0.3 is 0 Å². The van der Waals surface area contributed by atoms with E-state index in [0.29, 0.717) is 12.5 Å². The summed E-state index contributed by atoms with van der Waals surface area (Å²) in [6.45, 7) is 4.93. The molecule has 0 atom stereocenters. The number of nitrogen functional groups attached to an aromatic ring is 1. The number of amides is 2. The molecule has 1 rings (SSSR count). The highest BCUT2D eigenvalue weighted by molar-refractivity contribution is 5.92. The zero-order valence-electron chi connectivity index (χ0n) is 11.1. The fourth-order valence-electron chi connectivity index (χ4n) is 1.25. The third kappa shape index (κ3) is 5.80. The quantitative estimate of drug-likeness (QED) is 0.668. The van der Waals surface area contributed by atoms with Crippen LogP contribution in [-0.2, 0) is 4.79 Å². The van der Waals surface area contributed by atoms with E-state index in [4.69, 9.17) is 5.73 Å². The molecule has 1 aromatic rings. The lowest BCUT2D eigenvalue weighted by molar-refractivity contribution is -0.121. The highest BCUT2D eigenvalue weighted by Crippen LogP contribution is 1.96. The first kappa shape index (κ1) is 14.9. The number of carbonyl (C=O) groups excluding carboxylic acids is 2. The van der Waals surface area contributed by atoms with E-state index < -0.39 is 0 Å². The van der Waals surface area contributed by atoms with Gasteiger partial charge in [-0.2, -0.15) is 0 Å². The first-order valence-corrected chi connectivity index (χ1v) is 6.13. The minimum Gasteiger partial charge on any atom is -0.382 e. The Labute approximate surface area is 112 Å². The van der Waals surface area contributed by atoms with Gasteiger partial charge in [0.05, 0.1) is 0 Å². The smallest absolute Gasteiger partial charge is 0.271 e. The second-order valence-electron chi connectivity index (χ2n) is 4.55. The van der Waals surface area contributed by atoms with Gasteiger partial charge in [0.15, 0.2) is 5.69 Å². The minimum atomic E-state index is -0.371. The van der Waals surface area contributed by atoms with Crippen LogP contribution >= 0.6 is 0 Å². The van der Waals surface area contributed by atoms with Crippen molar-refractivity contribution in [1.29, 1.82) is 0 Å². The maximum absolute atomic E-state index is 11.6. The zero-order valence-corrected chi connectivity index (χ0v) is 11.1. The van der Waals surface area contributed by atoms with Crippen LogP contribution in [0.2, 0.25) is 0 Å². The Morgan fingerprint density at radius 2 is 2.00 bits per heavy atom. The zero-order chi connectivity index (χ0) is 14.3. The van der Waals surface area contributed by atoms with Gasteiger partial charge in [0.1, 0.15) is 5.82 Å². The summed E-state index contributed by atoms with van der Waals surface area (Å²) in [4.78, 5) is 23.0. The predicted octanol–water partition coefficient (Wildman–Crippen LogP) is -0.0491. The third-order valence-electron chi connectivity index (χ3n) is 2.26. The number of nitrogens with two attached hydrogens (primary N) is 1. The van der Waals surface area contributed by atoms with Crippen molar-refractivity contribution in [1.82, 2.24) is 20.8 Å². The molecule has 7 heteroatoms. The summed E-state index contributed by atoms with van der Waals surface area (Å²) in [5.41, 5.74) is 5.54. The van der Waals surface area contributed by atoms with Crippen LogP contribution in [0.25, 0.3) is 0 Å². The van der Waals surface area contributed by atoms with Crippen LogP contribution < -0.4 is 16.4 Å². The van der Waals surface area contributed by atoms with Crippen molar-refractivity contribution in [3.8, 4) is 0 Å². The molecule has 0 aliphatic rings. The second kappa shape index (κ2) is 7.30. The van der Waals surface area contributed by atoms with Gasteiger partial charge in [0, 0.05) is 19.5 Å². The number of hydrogen-bond donors (Lipinski definition) is 3. The summed E-state index contributed by atoms with van der Waals surface area (Å²) in [5.74, 6) is 0.203. The van der Waals surface area contributed by atoms with Crippen molar-refractivity contribution in [2.75, 3.05) is 18.8 Å². The van der Waals surface area contributed by atoms with E-state index in [0.717, 1.165) is 0 Å². The van der Waals surface area contributed by atoms with E-state index in [1.165, 1.54) is 12.1 Å². The molecule has 0 spiro atoms. The van der Waals surface area contributed by atoms with Crippen molar-refractivity contribution < 1.29 is 9.59 Å². The van der Waals surface area contributed by atoms with Crippen LogP contribution in [0.1, 0.15) is 30.8 Å². The Morgan fingerprint density at radius 1 is 1.26 bits per heavy atom. The molecule has 0 aliphatic heterocycles. The molecular formula is C12H19N5O2. The van der Waals surface area contributed by atoms with Crippen molar-refractivity contribution in [2.24, 2.45) is 5.92 Å². The van der Waals surface area contributed by atoms with Gasteiger partial charge in [-0.05, 0) is 18.1 Å². The van der Waals surface area contributed by atoms with E-state index in [1.807, 2.05) is 13.8 Å². The molecule has 2 amide bonds. The molecule has 1 aromatic heterocycles. The topological polar surface area (TPSA) is 110 Å². The first-order chi connectivity index (χ1) is 8.99. The van der Waals surface area contributed by atoms with Gasteiger partial charge in [0.25, 0.3) is 5.91 Å². The van der Waals surface area contributed by atoms with Gasteiger partial charge < -0.3 is 16.4 Å². The van der Waals surface area contributed by atoms with Gasteiger partial charge in [-0.25, -0.2) is 0 Å². The number of hydrogen-bond acceptors (Lipinski definition) is 5. The maximum Gasteiger partial charge on any atom is 0.271 e. The normalized spacial score (nSPS) is 10.3. The maximum atomic E-state index is 11.6. The molecule has 104 valence electrons. The standard InChI is InChI=1S/C12H19N5O2/c1-8(2)7-15-11(18)5-6-14-12(19)9-3-4-10(13)17-16-9/h3-4,8H,5-7H2,1-2H3,(H2,13,17)(H,14,19)(H,15,18). The molecule has 4 N–H and O–H groups in total. The van der Waals surface area contributed by atoms with Gasteiger partial charge in [-0.15, -0.1) is 10.2 Å². The van der Waals surface area contributed by atoms with Crippen molar-refractivity contribution in [3.05, 3.63) is 17.8 Å². The summed E-state index contributed by atoms with van der Waals surface area (Å²) >= 11 is 0. The summed E-state index contributed by atoms with van der Waals surface area (Å²) in [6.07, 6.45) is 0.237. The molecule has 0 aromatic carbocycles. The van der Waals surface area contributed by atoms with Crippen LogP contribution in [0, 0.1) is 5.92 Å². The third-order valence-corrected chi connectivity index (χ3v) is 2.26. The average Bonchev–Trinajstić information content (AvgIpc) is 2.37. The second-order valence-corrected chi connectivity index (χ2v) is 4.55. The Morgan fingerprint density at radius 3 is 2.58 bits per heavy atom. The molecule has 0 saturated heterocycles. The van der Waals surface area contributed by atoms with Crippen LogP contribution in [0.3, 0.4) is 0 Å². The largest absolute Gasteiger partial charge is 0.382 e. The lowest BCUT2D eigenvalue weighted by Gasteiger charge is -2.08. The monoisotopic (exact) mass is 265 g/mol. The van der Waals surface area contributed by atoms with E-state index >= 15 is 0 Å². The lowest BCUT2D eigenvalue weighted by Crippen LogP contribution is -2.32. The fourth-order valence-corrected chi connectivity index (χ4v) is 1.25. The molecule has 19 heavy (non-hydrogen) atoms. The van der Waals surface area contributed by atoms with E-state index in [1.54, 1.807) is 0 Å². The Hall–Kier alpha value is -2.18. The van der Waals surface area contributed by atoms with E-state index in [9.17, 15) is 9.59 Å². The SMILES string of the molecule is CC(C)CNC(=O)CCNC(=O)c1ccc(N)nn1. The Kier molecular flexibility index (Phi) is 5.72. The fraction of sp³-hybridized carbons (Fsp3) is 0.500. The number of anilines is 1. The molecular weight excluding hydrogens is 246 g/mol. The summed E-state index contributed by atoms with van der Waals surface area (Å²) < 4.78 is 0. The molecule has 0 fully saturated rings. The lowest BCUT2D eigenvalue weighted by atomic mass is 10.2. The minimum absolute atomic E-state index is 0.0857. The van der Waals surface area contributed by atoms with Crippen molar-refractivity contribution >= 4 is 17.6 Å². The molecule has 0 bridgehead atoms. The van der Waals surface area contributed by atoms with Gasteiger partial charge in [-0.3, -0.25) is 9.59 Å². The average molecular weight is 265 g/mol. The van der Waals surface area contributed by atoms with Crippen LogP contribution in [0.15, 0.2) is 12.1 Å². The Balaban J connectivity index is 2.27. The van der Waals surface area contributed by atoms with Gasteiger partial charge in [0.2, 0.25) is 5.91 Å². The number of nitrogens with one attached hydrogen (secondary N) is 2. The molecule has 0 saturated carbocycles. The van der Waals surface area contributed by atoms with E-state index in [-0.39, 0.29) is 36.3 Å². The highest BCUT2D eigenvalue weighted by Gasteiger charge is 2.08. The molecule has 0 aliphatic carbocycles. The number of nitrogens with zero attached hydrogens (tertiary/aromatic N) is 2. The predicted molar refractivity (Wildman–Crippen MR) is 71.2 cm³/mol. The van der Waals surface area contributed by atoms with Crippen molar-refractivity contribution in [2.45, 2.75) is 20.3 Å². The number of rotatable bonds is 6. The molecule has 7 nitrogen and oxygen atoms in total. The molecule has 0 radical (unpaired) electrons.